The third-order valence-electron chi connectivity index (χ3n) is 2.98. The van der Waals surface area contributed by atoms with Gasteiger partial charge in [0.15, 0.2) is 0 Å². The van der Waals surface area contributed by atoms with Crippen LogP contribution in [0.3, 0.4) is 0 Å². The number of nitrogens with one attached hydrogen (secondary N) is 1. The molecule has 7 heteroatoms. The maximum atomic E-state index is 12.4. The number of carbonyl (C=O) groups excluding carboxylic acids is 2. The fourth-order valence-corrected chi connectivity index (χ4v) is 2.96. The van der Waals surface area contributed by atoms with E-state index in [0.29, 0.717) is 22.6 Å². The van der Waals surface area contributed by atoms with Crippen molar-refractivity contribution >= 4 is 39.1 Å². The van der Waals surface area contributed by atoms with E-state index in [4.69, 9.17) is 5.73 Å². The lowest BCUT2D eigenvalue weighted by atomic mass is 10.3. The Balaban J connectivity index is 2.14. The highest BCUT2D eigenvalue weighted by molar-refractivity contribution is 7.21. The molecule has 2 aromatic heterocycles. The molecule has 2 aromatic rings. The van der Waals surface area contributed by atoms with E-state index in [2.05, 4.69) is 10.3 Å². The summed E-state index contributed by atoms with van der Waals surface area (Å²) in [5.41, 5.74) is 7.00. The zero-order valence-corrected chi connectivity index (χ0v) is 12.9. The van der Waals surface area contributed by atoms with Crippen LogP contribution in [0.4, 0.5) is 5.69 Å². The van der Waals surface area contributed by atoms with Crippen LogP contribution in [0.15, 0.2) is 18.3 Å². The van der Waals surface area contributed by atoms with Crippen LogP contribution in [0.25, 0.3) is 10.2 Å². The minimum absolute atomic E-state index is 0.0138. The molecule has 2 amide bonds. The number of hydrogen-bond acceptors (Lipinski definition) is 5. The number of likely N-dealkylation sites (N-methyl/N-ethyl adjacent to an activating group) is 1. The number of aromatic nitrogens is 1. The van der Waals surface area contributed by atoms with E-state index in [9.17, 15) is 9.59 Å². The monoisotopic (exact) mass is 306 g/mol. The number of nitrogen functional groups attached to an aromatic ring is 1. The number of nitrogens with two attached hydrogens (primary N) is 1. The summed E-state index contributed by atoms with van der Waals surface area (Å²) in [7, 11) is 1.59. The van der Waals surface area contributed by atoms with Gasteiger partial charge in [-0.05, 0) is 18.6 Å². The summed E-state index contributed by atoms with van der Waals surface area (Å²) in [6.45, 7) is 2.59. The number of pyridine rings is 1. The molecule has 0 aromatic carbocycles. The third kappa shape index (κ3) is 3.30. The van der Waals surface area contributed by atoms with Crippen LogP contribution >= 0.6 is 11.3 Å². The van der Waals surface area contributed by atoms with Crippen molar-refractivity contribution < 1.29 is 9.59 Å². The highest BCUT2D eigenvalue weighted by Crippen LogP contribution is 2.32. The predicted molar refractivity (Wildman–Crippen MR) is 84.3 cm³/mol. The quantitative estimate of drug-likeness (QED) is 0.875. The van der Waals surface area contributed by atoms with Crippen molar-refractivity contribution in [2.75, 3.05) is 25.9 Å². The molecule has 112 valence electrons. The Bertz CT molecular complexity index is 668. The first-order chi connectivity index (χ1) is 10.0. The van der Waals surface area contributed by atoms with E-state index in [1.54, 1.807) is 19.3 Å². The van der Waals surface area contributed by atoms with Gasteiger partial charge in [0.2, 0.25) is 5.91 Å². The summed E-state index contributed by atoms with van der Waals surface area (Å²) in [5, 5.41) is 2.74. The van der Waals surface area contributed by atoms with E-state index in [1.807, 2.05) is 13.0 Å². The number of nitrogens with zero attached hydrogens (tertiary/aromatic N) is 2. The maximum absolute atomic E-state index is 12.4. The molecule has 0 aliphatic rings. The lowest BCUT2D eigenvalue weighted by Crippen LogP contribution is -2.38. The van der Waals surface area contributed by atoms with Crippen molar-refractivity contribution in [3.8, 4) is 0 Å². The number of amides is 2. The second-order valence-corrected chi connectivity index (χ2v) is 5.76. The summed E-state index contributed by atoms with van der Waals surface area (Å²) < 4.78 is 0.863. The van der Waals surface area contributed by atoms with Crippen LogP contribution in [0, 0.1) is 0 Å². The lowest BCUT2D eigenvalue weighted by molar-refractivity contribution is -0.121. The molecule has 6 nitrogen and oxygen atoms in total. The molecule has 0 radical (unpaired) electrons. The van der Waals surface area contributed by atoms with Crippen molar-refractivity contribution in [2.24, 2.45) is 0 Å². The van der Waals surface area contributed by atoms with Gasteiger partial charge in [-0.15, -0.1) is 11.3 Å². The first kappa shape index (κ1) is 15.2. The van der Waals surface area contributed by atoms with E-state index < -0.39 is 0 Å². The average Bonchev–Trinajstić information content (AvgIpc) is 2.82. The van der Waals surface area contributed by atoms with Gasteiger partial charge in [0.25, 0.3) is 5.91 Å². The highest BCUT2D eigenvalue weighted by atomic mass is 32.1. The molecule has 0 bridgehead atoms. The van der Waals surface area contributed by atoms with Gasteiger partial charge in [-0.2, -0.15) is 0 Å². The molecule has 0 aliphatic carbocycles. The van der Waals surface area contributed by atoms with Crippen molar-refractivity contribution in [3.05, 3.63) is 23.2 Å². The zero-order valence-electron chi connectivity index (χ0n) is 12.0. The van der Waals surface area contributed by atoms with Gasteiger partial charge < -0.3 is 16.0 Å². The van der Waals surface area contributed by atoms with Crippen LogP contribution < -0.4 is 11.1 Å². The van der Waals surface area contributed by atoms with Crippen molar-refractivity contribution in [1.29, 1.82) is 0 Å². The molecule has 0 saturated heterocycles. The molecular weight excluding hydrogens is 288 g/mol. The van der Waals surface area contributed by atoms with E-state index in [1.165, 1.54) is 16.2 Å². The molecule has 21 heavy (non-hydrogen) atoms. The number of carbonyl (C=O) groups is 2. The third-order valence-corrected chi connectivity index (χ3v) is 4.12. The Kier molecular flexibility index (Phi) is 4.74. The molecule has 0 aliphatic heterocycles. The minimum atomic E-state index is -0.262. The second-order valence-electron chi connectivity index (χ2n) is 4.71. The summed E-state index contributed by atoms with van der Waals surface area (Å²) in [6.07, 6.45) is 2.50. The van der Waals surface area contributed by atoms with Gasteiger partial charge >= 0.3 is 0 Å². The Labute approximate surface area is 127 Å². The number of thiophene rings is 1. The van der Waals surface area contributed by atoms with E-state index in [-0.39, 0.29) is 18.4 Å². The number of anilines is 1. The number of rotatable bonds is 5. The van der Waals surface area contributed by atoms with E-state index >= 15 is 0 Å². The normalized spacial score (nSPS) is 10.6. The molecule has 3 N–H and O–H groups in total. The van der Waals surface area contributed by atoms with E-state index in [0.717, 1.165) is 11.1 Å². The van der Waals surface area contributed by atoms with Crippen LogP contribution in [0.2, 0.25) is 0 Å². The molecule has 0 unspecified atom stereocenters. The molecular formula is C14H18N4O2S. The van der Waals surface area contributed by atoms with Gasteiger partial charge in [-0.1, -0.05) is 6.92 Å². The Morgan fingerprint density at radius 2 is 2.24 bits per heavy atom. The highest BCUT2D eigenvalue weighted by Gasteiger charge is 2.21. The number of fused-ring (bicyclic) bond motifs is 1. The zero-order chi connectivity index (χ0) is 15.4. The Morgan fingerprint density at radius 3 is 2.90 bits per heavy atom. The fourth-order valence-electron chi connectivity index (χ4n) is 1.89. The summed E-state index contributed by atoms with van der Waals surface area (Å²) in [4.78, 5) is 30.0. The fraction of sp³-hybridized carbons (Fsp3) is 0.357. The summed E-state index contributed by atoms with van der Waals surface area (Å²) in [6, 6.07) is 3.67. The number of hydrogen-bond donors (Lipinski definition) is 2. The molecule has 0 saturated carbocycles. The average molecular weight is 306 g/mol. The van der Waals surface area contributed by atoms with Crippen molar-refractivity contribution in [3.63, 3.8) is 0 Å². The largest absolute Gasteiger partial charge is 0.396 e. The minimum Gasteiger partial charge on any atom is -0.396 e. The van der Waals surface area contributed by atoms with Gasteiger partial charge in [0.1, 0.15) is 10.4 Å². The Morgan fingerprint density at radius 1 is 1.48 bits per heavy atom. The molecule has 2 heterocycles. The van der Waals surface area contributed by atoms with Gasteiger partial charge in [0, 0.05) is 19.8 Å². The SMILES string of the molecule is CCCNC(=O)CN(C)C(=O)c1sc2cccnc2c1N. The standard InChI is InChI=1S/C14H18N4O2S/c1-3-6-16-10(19)8-18(2)14(20)13-11(15)12-9(21-13)5-4-7-17-12/h4-5,7H,3,6,8,15H2,1-2H3,(H,16,19). The predicted octanol–water partition coefficient (Wildman–Crippen LogP) is 1.48. The first-order valence-electron chi connectivity index (χ1n) is 6.69. The first-order valence-corrected chi connectivity index (χ1v) is 7.51. The van der Waals surface area contributed by atoms with Gasteiger partial charge in [-0.3, -0.25) is 14.6 Å². The lowest BCUT2D eigenvalue weighted by Gasteiger charge is -2.16. The van der Waals surface area contributed by atoms with Crippen LogP contribution in [0.5, 0.6) is 0 Å². The smallest absolute Gasteiger partial charge is 0.266 e. The Hall–Kier alpha value is -2.15. The van der Waals surface area contributed by atoms with Crippen LogP contribution in [-0.2, 0) is 4.79 Å². The van der Waals surface area contributed by atoms with Gasteiger partial charge in [0.05, 0.1) is 16.9 Å². The van der Waals surface area contributed by atoms with Gasteiger partial charge in [-0.25, -0.2) is 0 Å². The van der Waals surface area contributed by atoms with Crippen molar-refractivity contribution in [1.82, 2.24) is 15.2 Å². The molecule has 2 rings (SSSR count). The molecule has 0 fully saturated rings. The summed E-state index contributed by atoms with van der Waals surface area (Å²) >= 11 is 1.29. The maximum Gasteiger partial charge on any atom is 0.266 e. The topological polar surface area (TPSA) is 88.3 Å². The van der Waals surface area contributed by atoms with Crippen LogP contribution in [0.1, 0.15) is 23.0 Å². The molecule has 0 atom stereocenters. The van der Waals surface area contributed by atoms with Crippen molar-refractivity contribution in [2.45, 2.75) is 13.3 Å². The second kappa shape index (κ2) is 6.53. The molecule has 0 spiro atoms. The van der Waals surface area contributed by atoms with Crippen LogP contribution in [-0.4, -0.2) is 41.8 Å². The summed E-state index contributed by atoms with van der Waals surface area (Å²) in [5.74, 6) is -0.437.